The molecular weight excluding hydrogens is 456 g/mol. The average Bonchev–Trinajstić information content (AvgIpc) is 2.90. The SMILES string of the molecule is COc1cc(CN(Cc2ccc(Cl)cc2)CC2CCC(CN)CC2)ccc1OCc1ccccc1. The third kappa shape index (κ3) is 7.73. The fourth-order valence-electron chi connectivity index (χ4n) is 4.97. The van der Waals surface area contributed by atoms with Crippen molar-refractivity contribution in [2.24, 2.45) is 17.6 Å². The molecular formula is C30H37ClN2O2. The molecule has 4 nitrogen and oxygen atoms in total. The summed E-state index contributed by atoms with van der Waals surface area (Å²) in [6.07, 6.45) is 5.01. The molecule has 35 heavy (non-hydrogen) atoms. The van der Waals surface area contributed by atoms with Crippen molar-refractivity contribution in [3.05, 3.63) is 94.5 Å². The van der Waals surface area contributed by atoms with Crippen LogP contribution in [0.15, 0.2) is 72.8 Å². The zero-order chi connectivity index (χ0) is 24.5. The van der Waals surface area contributed by atoms with Crippen LogP contribution < -0.4 is 15.2 Å². The number of ether oxygens (including phenoxy) is 2. The Bertz CT molecular complexity index is 1030. The van der Waals surface area contributed by atoms with Gasteiger partial charge in [0.15, 0.2) is 11.5 Å². The van der Waals surface area contributed by atoms with E-state index in [4.69, 9.17) is 26.8 Å². The molecule has 1 aliphatic carbocycles. The highest BCUT2D eigenvalue weighted by Gasteiger charge is 2.23. The fraction of sp³-hybridized carbons (Fsp3) is 0.400. The zero-order valence-electron chi connectivity index (χ0n) is 20.7. The van der Waals surface area contributed by atoms with E-state index >= 15 is 0 Å². The molecule has 0 bridgehead atoms. The van der Waals surface area contributed by atoms with Crippen LogP contribution in [0, 0.1) is 11.8 Å². The van der Waals surface area contributed by atoms with Gasteiger partial charge in [0.25, 0.3) is 0 Å². The van der Waals surface area contributed by atoms with Crippen LogP contribution in [-0.2, 0) is 19.7 Å². The van der Waals surface area contributed by atoms with E-state index in [1.165, 1.54) is 36.8 Å². The van der Waals surface area contributed by atoms with Gasteiger partial charge in [0, 0.05) is 24.7 Å². The Labute approximate surface area is 215 Å². The zero-order valence-corrected chi connectivity index (χ0v) is 21.4. The van der Waals surface area contributed by atoms with E-state index in [-0.39, 0.29) is 0 Å². The van der Waals surface area contributed by atoms with E-state index in [1.807, 2.05) is 36.4 Å². The molecule has 0 atom stereocenters. The summed E-state index contributed by atoms with van der Waals surface area (Å²) < 4.78 is 11.8. The molecule has 5 heteroatoms. The Kier molecular flexibility index (Phi) is 9.47. The predicted octanol–water partition coefficient (Wildman–Crippen LogP) is 6.69. The molecule has 1 aliphatic rings. The Hall–Kier alpha value is -2.53. The molecule has 0 heterocycles. The van der Waals surface area contributed by atoms with Crippen LogP contribution in [0.25, 0.3) is 0 Å². The first kappa shape index (κ1) is 25.6. The first-order valence-electron chi connectivity index (χ1n) is 12.6. The molecule has 0 aliphatic heterocycles. The number of nitrogens with two attached hydrogens (primary N) is 1. The standard InChI is InChI=1S/C30H37ClN2O2/c1-34-30-17-27(13-16-29(30)35-22-26-5-3-2-4-6-26)21-33(20-25-11-14-28(31)15-12-25)19-24-9-7-23(18-32)8-10-24/h2-6,11-17,23-24H,7-10,18-22,32H2,1H3. The maximum absolute atomic E-state index is 6.12. The lowest BCUT2D eigenvalue weighted by molar-refractivity contribution is 0.170. The topological polar surface area (TPSA) is 47.7 Å². The summed E-state index contributed by atoms with van der Waals surface area (Å²) in [6.45, 7) is 4.16. The van der Waals surface area contributed by atoms with Gasteiger partial charge in [0.1, 0.15) is 6.61 Å². The van der Waals surface area contributed by atoms with Crippen molar-refractivity contribution in [3.63, 3.8) is 0 Å². The van der Waals surface area contributed by atoms with Gasteiger partial charge < -0.3 is 15.2 Å². The van der Waals surface area contributed by atoms with Gasteiger partial charge in [0.2, 0.25) is 0 Å². The predicted molar refractivity (Wildman–Crippen MR) is 144 cm³/mol. The van der Waals surface area contributed by atoms with Gasteiger partial charge in [-0.05, 0) is 85.0 Å². The minimum absolute atomic E-state index is 0.519. The van der Waals surface area contributed by atoms with Crippen molar-refractivity contribution in [1.82, 2.24) is 4.90 Å². The number of rotatable bonds is 11. The molecule has 4 rings (SSSR count). The van der Waals surface area contributed by atoms with E-state index in [2.05, 4.69) is 41.3 Å². The molecule has 0 amide bonds. The first-order valence-corrected chi connectivity index (χ1v) is 13.0. The summed E-state index contributed by atoms with van der Waals surface area (Å²) >= 11 is 6.12. The monoisotopic (exact) mass is 492 g/mol. The number of methoxy groups -OCH3 is 1. The van der Waals surface area contributed by atoms with Gasteiger partial charge in [-0.1, -0.05) is 60.1 Å². The molecule has 0 unspecified atom stereocenters. The van der Waals surface area contributed by atoms with E-state index < -0.39 is 0 Å². The largest absolute Gasteiger partial charge is 0.493 e. The second-order valence-corrected chi connectivity index (χ2v) is 10.1. The Morgan fingerprint density at radius 1 is 0.800 bits per heavy atom. The van der Waals surface area contributed by atoms with Gasteiger partial charge in [-0.15, -0.1) is 0 Å². The van der Waals surface area contributed by atoms with E-state index in [0.717, 1.165) is 48.3 Å². The third-order valence-corrected chi connectivity index (χ3v) is 7.26. The molecule has 186 valence electrons. The van der Waals surface area contributed by atoms with Gasteiger partial charge in [-0.25, -0.2) is 0 Å². The summed E-state index contributed by atoms with van der Waals surface area (Å²) in [5.41, 5.74) is 9.55. The lowest BCUT2D eigenvalue weighted by atomic mass is 9.82. The Morgan fingerprint density at radius 3 is 2.14 bits per heavy atom. The van der Waals surface area contributed by atoms with Gasteiger partial charge in [-0.2, -0.15) is 0 Å². The number of hydrogen-bond donors (Lipinski definition) is 1. The third-order valence-electron chi connectivity index (χ3n) is 7.01. The van der Waals surface area contributed by atoms with E-state index in [1.54, 1.807) is 7.11 Å². The van der Waals surface area contributed by atoms with E-state index in [9.17, 15) is 0 Å². The van der Waals surface area contributed by atoms with Gasteiger partial charge >= 0.3 is 0 Å². The van der Waals surface area contributed by atoms with Crippen LogP contribution in [0.1, 0.15) is 42.4 Å². The second-order valence-electron chi connectivity index (χ2n) is 9.68. The normalized spacial score (nSPS) is 17.9. The van der Waals surface area contributed by atoms with Crippen LogP contribution >= 0.6 is 11.6 Å². The molecule has 1 fully saturated rings. The minimum atomic E-state index is 0.519. The average molecular weight is 493 g/mol. The van der Waals surface area contributed by atoms with E-state index in [0.29, 0.717) is 18.4 Å². The number of halogens is 1. The minimum Gasteiger partial charge on any atom is -0.493 e. The second kappa shape index (κ2) is 13.0. The number of hydrogen-bond acceptors (Lipinski definition) is 4. The number of nitrogens with zero attached hydrogens (tertiary/aromatic N) is 1. The maximum Gasteiger partial charge on any atom is 0.161 e. The highest BCUT2D eigenvalue weighted by molar-refractivity contribution is 6.30. The smallest absolute Gasteiger partial charge is 0.161 e. The highest BCUT2D eigenvalue weighted by atomic mass is 35.5. The van der Waals surface area contributed by atoms with Crippen molar-refractivity contribution >= 4 is 11.6 Å². The molecule has 0 radical (unpaired) electrons. The van der Waals surface area contributed by atoms with Gasteiger partial charge in [0.05, 0.1) is 7.11 Å². The van der Waals surface area contributed by atoms with Gasteiger partial charge in [-0.3, -0.25) is 4.90 Å². The highest BCUT2D eigenvalue weighted by Crippen LogP contribution is 2.32. The lowest BCUT2D eigenvalue weighted by Crippen LogP contribution is -2.32. The van der Waals surface area contributed by atoms with Crippen LogP contribution in [0.3, 0.4) is 0 Å². The quantitative estimate of drug-likeness (QED) is 0.323. The van der Waals surface area contributed by atoms with Crippen molar-refractivity contribution < 1.29 is 9.47 Å². The maximum atomic E-state index is 6.12. The van der Waals surface area contributed by atoms with Crippen molar-refractivity contribution in [1.29, 1.82) is 0 Å². The summed E-state index contributed by atoms with van der Waals surface area (Å²) in [6, 6.07) is 24.7. The molecule has 0 aromatic heterocycles. The Morgan fingerprint density at radius 2 is 1.46 bits per heavy atom. The molecule has 3 aromatic rings. The van der Waals surface area contributed by atoms with Crippen molar-refractivity contribution in [2.75, 3.05) is 20.2 Å². The molecule has 0 saturated heterocycles. The van der Waals surface area contributed by atoms with Crippen LogP contribution in [0.2, 0.25) is 5.02 Å². The lowest BCUT2D eigenvalue weighted by Gasteiger charge is -2.32. The van der Waals surface area contributed by atoms with Crippen molar-refractivity contribution in [3.8, 4) is 11.5 Å². The summed E-state index contributed by atoms with van der Waals surface area (Å²) in [4.78, 5) is 2.55. The molecule has 3 aromatic carbocycles. The fourth-order valence-corrected chi connectivity index (χ4v) is 5.10. The van der Waals surface area contributed by atoms with Crippen LogP contribution in [0.4, 0.5) is 0 Å². The summed E-state index contributed by atoms with van der Waals surface area (Å²) in [5.74, 6) is 2.95. The van der Waals surface area contributed by atoms with Crippen LogP contribution in [0.5, 0.6) is 11.5 Å². The molecule has 1 saturated carbocycles. The first-order chi connectivity index (χ1) is 17.1. The van der Waals surface area contributed by atoms with Crippen LogP contribution in [-0.4, -0.2) is 25.1 Å². The Balaban J connectivity index is 1.44. The molecule has 2 N–H and O–H groups in total. The van der Waals surface area contributed by atoms with Crippen molar-refractivity contribution in [2.45, 2.75) is 45.4 Å². The summed E-state index contributed by atoms with van der Waals surface area (Å²) in [7, 11) is 1.70. The number of benzene rings is 3. The molecule has 0 spiro atoms. The summed E-state index contributed by atoms with van der Waals surface area (Å²) in [5, 5.41) is 0.774.